The lowest BCUT2D eigenvalue weighted by Crippen LogP contribution is -2.03. The quantitative estimate of drug-likeness (QED) is 0.614. The summed E-state index contributed by atoms with van der Waals surface area (Å²) in [5.41, 5.74) is 21.5. The molecule has 0 spiro atoms. The maximum absolute atomic E-state index is 5.71. The van der Waals surface area contributed by atoms with E-state index in [4.69, 9.17) is 17.2 Å². The van der Waals surface area contributed by atoms with Gasteiger partial charge in [-0.2, -0.15) is 0 Å². The van der Waals surface area contributed by atoms with E-state index in [0.717, 1.165) is 22.5 Å². The van der Waals surface area contributed by atoms with Crippen LogP contribution in [0.2, 0.25) is 0 Å². The first-order chi connectivity index (χ1) is 8.72. The predicted octanol–water partition coefficient (Wildman–Crippen LogP) is 1.73. The number of nitrogens with two attached hydrogens (primary N) is 3. The standard InChI is InChI=1S/C14H17N4/c15-8-10-1-4-13(5-2-10)18-14-6-3-12(17)7-11(14)9-16/h1-5,7,18H,8-9,15-17H2. The van der Waals surface area contributed by atoms with Crippen molar-refractivity contribution in [3.05, 3.63) is 53.6 Å². The minimum atomic E-state index is 0.421. The highest BCUT2D eigenvalue weighted by atomic mass is 14.9. The van der Waals surface area contributed by atoms with Crippen molar-refractivity contribution < 1.29 is 0 Å². The van der Waals surface area contributed by atoms with Crippen molar-refractivity contribution in [3.8, 4) is 0 Å². The summed E-state index contributed by atoms with van der Waals surface area (Å²) in [6.07, 6.45) is 0. The first kappa shape index (κ1) is 12.4. The van der Waals surface area contributed by atoms with Crippen LogP contribution in [0.5, 0.6) is 0 Å². The van der Waals surface area contributed by atoms with Gasteiger partial charge in [-0.1, -0.05) is 12.1 Å². The van der Waals surface area contributed by atoms with Gasteiger partial charge < -0.3 is 22.5 Å². The van der Waals surface area contributed by atoms with Crippen LogP contribution in [0.25, 0.3) is 0 Å². The normalized spacial score (nSPS) is 10.3. The van der Waals surface area contributed by atoms with Crippen LogP contribution in [0.3, 0.4) is 0 Å². The molecule has 0 atom stereocenters. The lowest BCUT2D eigenvalue weighted by molar-refractivity contribution is 1.07. The first-order valence-electron chi connectivity index (χ1n) is 5.79. The van der Waals surface area contributed by atoms with Gasteiger partial charge in [0.2, 0.25) is 0 Å². The van der Waals surface area contributed by atoms with E-state index in [1.807, 2.05) is 30.3 Å². The smallest absolute Gasteiger partial charge is 0.0511 e. The monoisotopic (exact) mass is 241 g/mol. The molecule has 0 heterocycles. The SMILES string of the molecule is NCc1ccc(Nc2[c]cc(N)cc2CN)cc1. The van der Waals surface area contributed by atoms with Crippen molar-refractivity contribution in [2.75, 3.05) is 11.1 Å². The van der Waals surface area contributed by atoms with Crippen LogP contribution in [-0.4, -0.2) is 0 Å². The Kier molecular flexibility index (Phi) is 3.82. The third kappa shape index (κ3) is 2.80. The Hall–Kier alpha value is -2.04. The Morgan fingerprint density at radius 2 is 1.78 bits per heavy atom. The number of rotatable bonds is 4. The van der Waals surface area contributed by atoms with Gasteiger partial charge in [-0.05, 0) is 35.4 Å². The van der Waals surface area contributed by atoms with Crippen molar-refractivity contribution in [1.82, 2.24) is 0 Å². The average Bonchev–Trinajstić information content (AvgIpc) is 2.41. The lowest BCUT2D eigenvalue weighted by Gasteiger charge is -2.11. The molecule has 0 amide bonds. The Morgan fingerprint density at radius 1 is 1.06 bits per heavy atom. The van der Waals surface area contributed by atoms with Crippen LogP contribution in [0.4, 0.5) is 17.1 Å². The first-order valence-corrected chi connectivity index (χ1v) is 5.79. The largest absolute Gasteiger partial charge is 0.399 e. The zero-order chi connectivity index (χ0) is 13.0. The van der Waals surface area contributed by atoms with E-state index in [9.17, 15) is 0 Å². The summed E-state index contributed by atoms with van der Waals surface area (Å²) in [7, 11) is 0. The van der Waals surface area contributed by atoms with E-state index in [1.165, 1.54) is 0 Å². The molecule has 4 nitrogen and oxygen atoms in total. The molecule has 7 N–H and O–H groups in total. The molecule has 1 radical (unpaired) electrons. The van der Waals surface area contributed by atoms with Gasteiger partial charge in [0.15, 0.2) is 0 Å². The van der Waals surface area contributed by atoms with E-state index in [2.05, 4.69) is 11.4 Å². The molecule has 0 aliphatic rings. The zero-order valence-corrected chi connectivity index (χ0v) is 10.1. The highest BCUT2D eigenvalue weighted by molar-refractivity contribution is 5.65. The van der Waals surface area contributed by atoms with Crippen LogP contribution >= 0.6 is 0 Å². The lowest BCUT2D eigenvalue weighted by atomic mass is 10.1. The molecule has 0 aliphatic heterocycles. The molecule has 0 saturated heterocycles. The van der Waals surface area contributed by atoms with Gasteiger partial charge in [-0.3, -0.25) is 0 Å². The van der Waals surface area contributed by atoms with Gasteiger partial charge in [0.25, 0.3) is 0 Å². The number of benzene rings is 2. The van der Waals surface area contributed by atoms with E-state index < -0.39 is 0 Å². The van der Waals surface area contributed by atoms with Crippen LogP contribution in [0.15, 0.2) is 36.4 Å². The molecule has 2 aromatic rings. The van der Waals surface area contributed by atoms with Crippen molar-refractivity contribution in [1.29, 1.82) is 0 Å². The van der Waals surface area contributed by atoms with Gasteiger partial charge in [-0.25, -0.2) is 0 Å². The summed E-state index contributed by atoms with van der Waals surface area (Å²) in [6.45, 7) is 0.965. The molecule has 2 rings (SSSR count). The third-order valence-corrected chi connectivity index (χ3v) is 2.72. The fourth-order valence-corrected chi connectivity index (χ4v) is 1.71. The number of anilines is 3. The van der Waals surface area contributed by atoms with Gasteiger partial charge in [0.05, 0.1) is 5.69 Å². The molecule has 0 unspecified atom stereocenters. The maximum atomic E-state index is 5.71. The topological polar surface area (TPSA) is 90.1 Å². The van der Waals surface area contributed by atoms with Gasteiger partial charge in [0, 0.05) is 30.5 Å². The Morgan fingerprint density at radius 3 is 2.39 bits per heavy atom. The number of hydrogen-bond donors (Lipinski definition) is 4. The molecule has 0 fully saturated rings. The molecule has 2 aromatic carbocycles. The second-order valence-electron chi connectivity index (χ2n) is 4.06. The van der Waals surface area contributed by atoms with Crippen molar-refractivity contribution in [2.24, 2.45) is 11.5 Å². The number of nitrogens with one attached hydrogen (secondary N) is 1. The van der Waals surface area contributed by atoms with Crippen LogP contribution in [0, 0.1) is 6.07 Å². The molecule has 4 heteroatoms. The summed E-state index contributed by atoms with van der Waals surface area (Å²) in [4.78, 5) is 0. The number of hydrogen-bond acceptors (Lipinski definition) is 4. The maximum Gasteiger partial charge on any atom is 0.0511 e. The molecule has 93 valence electrons. The van der Waals surface area contributed by atoms with Crippen LogP contribution in [-0.2, 0) is 13.1 Å². The fraction of sp³-hybridized carbons (Fsp3) is 0.143. The summed E-state index contributed by atoms with van der Waals surface area (Å²) in [5.74, 6) is 0. The summed E-state index contributed by atoms with van der Waals surface area (Å²) in [5, 5.41) is 3.27. The minimum absolute atomic E-state index is 0.421. The summed E-state index contributed by atoms with van der Waals surface area (Å²) >= 11 is 0. The van der Waals surface area contributed by atoms with Crippen molar-refractivity contribution in [2.45, 2.75) is 13.1 Å². The van der Waals surface area contributed by atoms with Gasteiger partial charge in [-0.15, -0.1) is 0 Å². The molecule has 0 aliphatic carbocycles. The second-order valence-corrected chi connectivity index (χ2v) is 4.06. The second kappa shape index (κ2) is 5.53. The minimum Gasteiger partial charge on any atom is -0.399 e. The van der Waals surface area contributed by atoms with Gasteiger partial charge in [0.1, 0.15) is 0 Å². The van der Waals surface area contributed by atoms with E-state index in [0.29, 0.717) is 18.8 Å². The van der Waals surface area contributed by atoms with E-state index in [-0.39, 0.29) is 0 Å². The summed E-state index contributed by atoms with van der Waals surface area (Å²) < 4.78 is 0. The fourth-order valence-electron chi connectivity index (χ4n) is 1.71. The van der Waals surface area contributed by atoms with Crippen molar-refractivity contribution >= 4 is 17.1 Å². The predicted molar refractivity (Wildman–Crippen MR) is 75.2 cm³/mol. The van der Waals surface area contributed by atoms with Crippen LogP contribution in [0.1, 0.15) is 11.1 Å². The molecular formula is C14H17N4. The highest BCUT2D eigenvalue weighted by Gasteiger charge is 2.02. The molecule has 0 aromatic heterocycles. The van der Waals surface area contributed by atoms with Gasteiger partial charge >= 0.3 is 0 Å². The van der Waals surface area contributed by atoms with E-state index in [1.54, 1.807) is 6.07 Å². The average molecular weight is 241 g/mol. The summed E-state index contributed by atoms with van der Waals surface area (Å²) in [6, 6.07) is 14.6. The Labute approximate surface area is 107 Å². The molecule has 0 saturated carbocycles. The van der Waals surface area contributed by atoms with E-state index >= 15 is 0 Å². The molecule has 0 bridgehead atoms. The van der Waals surface area contributed by atoms with Crippen LogP contribution < -0.4 is 22.5 Å². The Bertz CT molecular complexity index is 520. The van der Waals surface area contributed by atoms with Crippen molar-refractivity contribution in [3.63, 3.8) is 0 Å². The molecular weight excluding hydrogens is 224 g/mol. The Balaban J connectivity index is 2.22. The number of nitrogen functional groups attached to an aromatic ring is 1. The highest BCUT2D eigenvalue weighted by Crippen LogP contribution is 2.22. The molecule has 18 heavy (non-hydrogen) atoms. The third-order valence-electron chi connectivity index (χ3n) is 2.72. The zero-order valence-electron chi connectivity index (χ0n) is 10.1.